The first-order valence-electron chi connectivity index (χ1n) is 10.5. The van der Waals surface area contributed by atoms with E-state index in [1.54, 1.807) is 38.5 Å². The quantitative estimate of drug-likeness (QED) is 0.538. The molecule has 0 bridgehead atoms. The average molecular weight is 437 g/mol. The summed E-state index contributed by atoms with van der Waals surface area (Å²) in [6, 6.07) is 6.73. The molecule has 30 heavy (non-hydrogen) atoms. The van der Waals surface area contributed by atoms with Gasteiger partial charge in [0.2, 0.25) is 0 Å². The first-order valence-corrected chi connectivity index (χ1v) is 11.9. The number of allylic oxidation sites excluding steroid dienone is 1. The zero-order valence-electron chi connectivity index (χ0n) is 18.0. The fraction of sp³-hybridized carbons (Fsp3) is 0.565. The number of methoxy groups -OCH3 is 2. The second-order valence-electron chi connectivity index (χ2n) is 7.84. The number of ether oxygens (including phenoxy) is 3. The Morgan fingerprint density at radius 3 is 2.40 bits per heavy atom. The molecular weight excluding hydrogens is 404 g/mol. The zero-order chi connectivity index (χ0) is 21.6. The Kier molecular flexibility index (Phi) is 8.11. The highest BCUT2D eigenvalue weighted by molar-refractivity contribution is 7.86. The maximum Gasteiger partial charge on any atom is 0.297 e. The van der Waals surface area contributed by atoms with Gasteiger partial charge in [-0.25, -0.2) is 0 Å². The van der Waals surface area contributed by atoms with Crippen molar-refractivity contribution >= 4 is 10.1 Å². The minimum absolute atomic E-state index is 0.0391. The SMILES string of the molecule is COC1=CC(CCO[C@@H]2CCCC[C@@H]2OS(=O)(=O)c2ccc(C)cc2)=CCC1OC. The van der Waals surface area contributed by atoms with Gasteiger partial charge in [0, 0.05) is 7.11 Å². The van der Waals surface area contributed by atoms with Crippen LogP contribution in [0.2, 0.25) is 0 Å². The molecule has 0 spiro atoms. The van der Waals surface area contributed by atoms with Crippen LogP contribution in [0.3, 0.4) is 0 Å². The van der Waals surface area contributed by atoms with E-state index in [9.17, 15) is 8.42 Å². The van der Waals surface area contributed by atoms with Crippen molar-refractivity contribution in [2.75, 3.05) is 20.8 Å². The highest BCUT2D eigenvalue weighted by Crippen LogP contribution is 2.28. The Bertz CT molecular complexity index is 856. The summed E-state index contributed by atoms with van der Waals surface area (Å²) >= 11 is 0. The molecule has 1 fully saturated rings. The molecule has 7 heteroatoms. The second-order valence-corrected chi connectivity index (χ2v) is 9.41. The molecule has 3 rings (SSSR count). The topological polar surface area (TPSA) is 71.1 Å². The molecule has 0 radical (unpaired) electrons. The van der Waals surface area contributed by atoms with Gasteiger partial charge in [-0.15, -0.1) is 0 Å². The zero-order valence-corrected chi connectivity index (χ0v) is 18.8. The minimum atomic E-state index is -3.81. The Balaban J connectivity index is 1.57. The lowest BCUT2D eigenvalue weighted by atomic mass is 9.95. The summed E-state index contributed by atoms with van der Waals surface area (Å²) in [5.74, 6) is 0.818. The van der Waals surface area contributed by atoms with Crippen LogP contribution in [0.4, 0.5) is 0 Å². The van der Waals surface area contributed by atoms with E-state index >= 15 is 0 Å². The van der Waals surface area contributed by atoms with Crippen LogP contribution < -0.4 is 0 Å². The van der Waals surface area contributed by atoms with Gasteiger partial charge < -0.3 is 14.2 Å². The lowest BCUT2D eigenvalue weighted by molar-refractivity contribution is -0.0439. The molecule has 2 aliphatic carbocycles. The highest BCUT2D eigenvalue weighted by Gasteiger charge is 2.32. The molecule has 1 saturated carbocycles. The van der Waals surface area contributed by atoms with Gasteiger partial charge in [-0.1, -0.05) is 36.6 Å². The van der Waals surface area contributed by atoms with Gasteiger partial charge in [-0.05, 0) is 56.4 Å². The van der Waals surface area contributed by atoms with Crippen LogP contribution in [-0.2, 0) is 28.5 Å². The third kappa shape index (κ3) is 5.94. The summed E-state index contributed by atoms with van der Waals surface area (Å²) < 4.78 is 47.9. The van der Waals surface area contributed by atoms with E-state index < -0.39 is 16.2 Å². The maximum absolute atomic E-state index is 12.7. The normalized spacial score (nSPS) is 24.8. The molecule has 2 aliphatic rings. The molecule has 0 aliphatic heterocycles. The molecule has 0 aromatic heterocycles. The fourth-order valence-electron chi connectivity index (χ4n) is 3.90. The van der Waals surface area contributed by atoms with Crippen LogP contribution in [0.15, 0.2) is 52.6 Å². The molecule has 1 unspecified atom stereocenters. The van der Waals surface area contributed by atoms with Gasteiger partial charge in [0.25, 0.3) is 10.1 Å². The van der Waals surface area contributed by atoms with Crippen molar-refractivity contribution < 1.29 is 26.8 Å². The van der Waals surface area contributed by atoms with E-state index in [0.29, 0.717) is 13.0 Å². The summed E-state index contributed by atoms with van der Waals surface area (Å²) in [6.07, 6.45) is 8.37. The second kappa shape index (κ2) is 10.6. The summed E-state index contributed by atoms with van der Waals surface area (Å²) in [6.45, 7) is 2.43. The maximum atomic E-state index is 12.7. The average Bonchev–Trinajstić information content (AvgIpc) is 2.75. The van der Waals surface area contributed by atoms with E-state index in [0.717, 1.165) is 49.0 Å². The molecule has 0 saturated heterocycles. The van der Waals surface area contributed by atoms with Gasteiger partial charge in [-0.3, -0.25) is 4.18 Å². The molecular formula is C23H32O6S. The summed E-state index contributed by atoms with van der Waals surface area (Å²) in [5, 5.41) is 0. The van der Waals surface area contributed by atoms with Crippen LogP contribution in [0.25, 0.3) is 0 Å². The van der Waals surface area contributed by atoms with Crippen molar-refractivity contribution in [3.8, 4) is 0 Å². The lowest BCUT2D eigenvalue weighted by Gasteiger charge is -2.31. The van der Waals surface area contributed by atoms with Crippen molar-refractivity contribution in [3.63, 3.8) is 0 Å². The Morgan fingerprint density at radius 2 is 1.73 bits per heavy atom. The molecule has 166 valence electrons. The number of aryl methyl sites for hydroxylation is 1. The van der Waals surface area contributed by atoms with Crippen molar-refractivity contribution in [3.05, 3.63) is 53.3 Å². The first kappa shape index (κ1) is 23.0. The smallest absolute Gasteiger partial charge is 0.297 e. The van der Waals surface area contributed by atoms with E-state index in [-0.39, 0.29) is 17.1 Å². The molecule has 1 aromatic rings. The Morgan fingerprint density at radius 1 is 1.03 bits per heavy atom. The van der Waals surface area contributed by atoms with Crippen LogP contribution in [0.5, 0.6) is 0 Å². The van der Waals surface area contributed by atoms with Crippen molar-refractivity contribution in [1.82, 2.24) is 0 Å². The molecule has 1 aromatic carbocycles. The standard InChI is InChI=1S/C23H32O6S/c1-17-8-11-19(12-9-17)30(24,25)29-22-7-5-4-6-21(22)28-15-14-18-10-13-20(26-2)23(16-18)27-3/h8-12,16,20-22H,4-7,13-15H2,1-3H3/t20?,21-,22+/m1/s1. The van der Waals surface area contributed by atoms with E-state index in [4.69, 9.17) is 18.4 Å². The molecule has 0 heterocycles. The van der Waals surface area contributed by atoms with Gasteiger partial charge >= 0.3 is 0 Å². The van der Waals surface area contributed by atoms with Crippen molar-refractivity contribution in [2.24, 2.45) is 0 Å². The summed E-state index contributed by atoms with van der Waals surface area (Å²) in [5.41, 5.74) is 2.15. The van der Waals surface area contributed by atoms with Gasteiger partial charge in [0.15, 0.2) is 0 Å². The fourth-order valence-corrected chi connectivity index (χ4v) is 5.03. The molecule has 3 atom stereocenters. The molecule has 6 nitrogen and oxygen atoms in total. The van der Waals surface area contributed by atoms with E-state index in [1.807, 2.05) is 13.0 Å². The molecule has 0 N–H and O–H groups in total. The van der Waals surface area contributed by atoms with Gasteiger partial charge in [-0.2, -0.15) is 8.42 Å². The van der Waals surface area contributed by atoms with Crippen molar-refractivity contribution in [1.29, 1.82) is 0 Å². The lowest BCUT2D eigenvalue weighted by Crippen LogP contribution is -2.36. The monoisotopic (exact) mass is 436 g/mol. The Hall–Kier alpha value is -1.67. The summed E-state index contributed by atoms with van der Waals surface area (Å²) in [4.78, 5) is 0.190. The predicted molar refractivity (Wildman–Crippen MR) is 115 cm³/mol. The van der Waals surface area contributed by atoms with Gasteiger partial charge in [0.05, 0.1) is 24.7 Å². The third-order valence-electron chi connectivity index (χ3n) is 5.68. The van der Waals surface area contributed by atoms with E-state index in [1.165, 1.54) is 0 Å². The largest absolute Gasteiger partial charge is 0.498 e. The number of hydrogen-bond donors (Lipinski definition) is 0. The molecule has 0 amide bonds. The third-order valence-corrected chi connectivity index (χ3v) is 7.03. The van der Waals surface area contributed by atoms with Crippen LogP contribution in [0.1, 0.15) is 44.1 Å². The number of hydrogen-bond acceptors (Lipinski definition) is 6. The van der Waals surface area contributed by atoms with Crippen LogP contribution in [-0.4, -0.2) is 47.6 Å². The first-order chi connectivity index (χ1) is 14.4. The highest BCUT2D eigenvalue weighted by atomic mass is 32.2. The number of rotatable bonds is 9. The van der Waals surface area contributed by atoms with Crippen LogP contribution >= 0.6 is 0 Å². The summed E-state index contributed by atoms with van der Waals surface area (Å²) in [7, 11) is -0.484. The van der Waals surface area contributed by atoms with Crippen LogP contribution in [0, 0.1) is 6.92 Å². The number of benzene rings is 1. The minimum Gasteiger partial charge on any atom is -0.498 e. The van der Waals surface area contributed by atoms with Gasteiger partial charge in [0.1, 0.15) is 18.0 Å². The van der Waals surface area contributed by atoms with E-state index in [2.05, 4.69) is 6.08 Å². The Labute approximate surface area is 180 Å². The van der Waals surface area contributed by atoms with Crippen molar-refractivity contribution in [2.45, 2.75) is 68.7 Å². The predicted octanol–water partition coefficient (Wildman–Crippen LogP) is 4.29.